The number of carbonyl (C=O) groups excluding carboxylic acids is 2. The molecule has 11 nitrogen and oxygen atoms in total. The average molecular weight is 906 g/mol. The lowest BCUT2D eigenvalue weighted by atomic mass is 10.1. The highest BCUT2D eigenvalue weighted by atomic mass is 35.5. The van der Waals surface area contributed by atoms with Crippen LogP contribution in [0, 0.1) is 0 Å². The molecule has 60 heavy (non-hydrogen) atoms. The maximum atomic E-state index is 13.5. The molecule has 0 saturated heterocycles. The molecule has 0 aromatic heterocycles. The molecule has 0 spiro atoms. The summed E-state index contributed by atoms with van der Waals surface area (Å²) in [5.41, 5.74) is 1.90. The van der Waals surface area contributed by atoms with Gasteiger partial charge in [-0.05, 0) is 54.5 Å². The van der Waals surface area contributed by atoms with Crippen LogP contribution in [0.2, 0.25) is 0 Å². The van der Waals surface area contributed by atoms with Gasteiger partial charge >= 0.3 is 16.5 Å². The average Bonchev–Trinajstić information content (AvgIpc) is 3.22. The van der Waals surface area contributed by atoms with E-state index in [1.165, 1.54) is 19.6 Å². The molecule has 18 heteroatoms. The molecular weight excluding hydrogens is 854 g/mol. The number of hydrogen-bond acceptors (Lipinski definition) is 11. The Morgan fingerprint density at radius 2 is 0.967 bits per heavy atom. The first-order valence-corrected chi connectivity index (χ1v) is 22.6. The molecular formula is C42H52ClF4NO10S2. The number of nitrogens with zero attached hydrogens (tertiary/aromatic N) is 1. The minimum atomic E-state index is -4.60. The fourth-order valence-electron chi connectivity index (χ4n) is 4.44. The summed E-state index contributed by atoms with van der Waals surface area (Å²) in [5, 5.41) is 1.24. The van der Waals surface area contributed by atoms with E-state index in [1.54, 1.807) is 115 Å². The fourth-order valence-corrected chi connectivity index (χ4v) is 5.16. The molecule has 0 amide bonds. The number of rotatable bonds is 18. The molecule has 0 heterocycles. The van der Waals surface area contributed by atoms with E-state index in [2.05, 4.69) is 30.4 Å². The summed E-state index contributed by atoms with van der Waals surface area (Å²) in [6.07, 6.45) is -1.16. The van der Waals surface area contributed by atoms with E-state index < -0.39 is 80.0 Å². The minimum absolute atomic E-state index is 0.301. The summed E-state index contributed by atoms with van der Waals surface area (Å²) in [4.78, 5) is 25.0. The van der Waals surface area contributed by atoms with Crippen molar-refractivity contribution >= 4 is 42.5 Å². The van der Waals surface area contributed by atoms with Crippen molar-refractivity contribution in [2.75, 3.05) is 58.6 Å². The highest BCUT2D eigenvalue weighted by molar-refractivity contribution is 7.92. The normalized spacial score (nSPS) is 12.6. The number of esters is 1. The number of alkyl halides is 4. The van der Waals surface area contributed by atoms with E-state index >= 15 is 0 Å². The fraction of sp³-hybridized carbons (Fsp3) is 0.381. The quantitative estimate of drug-likeness (QED) is 0.0587. The maximum absolute atomic E-state index is 13.5. The number of benzene rings is 4. The minimum Gasteiger partial charge on any atom is -0.451 e. The second kappa shape index (κ2) is 26.9. The van der Waals surface area contributed by atoms with Crippen LogP contribution in [0.15, 0.2) is 121 Å². The SMILES string of the molecule is CCN(CC)CC.CS(=O)(=O)C(F)(F)COCC(O)c1ccccc1.CS(=O)(=O)C(F)(F)COCC(OC(=O)c1ccccc1)c1ccccc1.O=C(Cl)c1ccccc1. The van der Waals surface area contributed by atoms with Gasteiger partial charge < -0.3 is 24.2 Å². The first-order valence-electron chi connectivity index (χ1n) is 18.4. The van der Waals surface area contributed by atoms with Crippen LogP contribution in [0.3, 0.4) is 0 Å². The molecule has 2 unspecified atom stereocenters. The lowest BCUT2D eigenvalue weighted by Crippen LogP contribution is -2.34. The molecule has 0 aliphatic carbocycles. The van der Waals surface area contributed by atoms with Crippen molar-refractivity contribution in [3.8, 4) is 0 Å². The van der Waals surface area contributed by atoms with Crippen LogP contribution < -0.4 is 0 Å². The standard InChI is InChI=1S/C18H18F2O5S.C11H14F2O4S.C7H5ClO.C6H15N/c1-26(22,23)18(19,20)13-24-12-16(14-8-4-2-5-9-14)25-17(21)15-10-6-3-7-11-15;1-18(15,16)11(12,13)8-17-7-10(14)9-5-3-2-4-6-9;8-7(9)6-4-2-1-3-5-6;1-4-7(5-2)6-3/h2-11,16H,12-13H2,1H3;2-6,10,14H,7-8H2,1H3;1-5H;4-6H2,1-3H3. The van der Waals surface area contributed by atoms with Crippen LogP contribution in [-0.2, 0) is 33.9 Å². The Bertz CT molecular complexity index is 2030. The Hall–Kier alpha value is -4.23. The second-order valence-corrected chi connectivity index (χ2v) is 17.3. The third kappa shape index (κ3) is 20.4. The lowest BCUT2D eigenvalue weighted by Gasteiger charge is -2.20. The lowest BCUT2D eigenvalue weighted by molar-refractivity contribution is -0.0501. The summed E-state index contributed by atoms with van der Waals surface area (Å²) in [7, 11) is -9.10. The summed E-state index contributed by atoms with van der Waals surface area (Å²) in [6.45, 7) is 6.73. The summed E-state index contributed by atoms with van der Waals surface area (Å²) < 4.78 is 111. The van der Waals surface area contributed by atoms with E-state index in [-0.39, 0.29) is 0 Å². The molecule has 2 atom stereocenters. The molecule has 0 saturated carbocycles. The van der Waals surface area contributed by atoms with Gasteiger partial charge in [0.15, 0.2) is 6.10 Å². The van der Waals surface area contributed by atoms with Gasteiger partial charge in [0.25, 0.3) is 5.24 Å². The molecule has 4 aromatic rings. The van der Waals surface area contributed by atoms with Gasteiger partial charge in [0.05, 0.1) is 18.8 Å². The smallest absolute Gasteiger partial charge is 0.367 e. The van der Waals surface area contributed by atoms with Crippen LogP contribution in [0.1, 0.15) is 64.8 Å². The van der Waals surface area contributed by atoms with E-state index in [4.69, 9.17) is 21.1 Å². The van der Waals surface area contributed by atoms with Gasteiger partial charge in [-0.25, -0.2) is 21.6 Å². The Morgan fingerprint density at radius 3 is 1.30 bits per heavy atom. The molecule has 0 radical (unpaired) electrons. The van der Waals surface area contributed by atoms with Gasteiger partial charge in [-0.3, -0.25) is 4.79 Å². The first kappa shape index (κ1) is 53.8. The van der Waals surface area contributed by atoms with Crippen molar-refractivity contribution in [2.45, 2.75) is 43.5 Å². The van der Waals surface area contributed by atoms with Gasteiger partial charge in [-0.2, -0.15) is 17.6 Å². The monoisotopic (exact) mass is 905 g/mol. The van der Waals surface area contributed by atoms with Crippen molar-refractivity contribution in [1.82, 2.24) is 4.90 Å². The zero-order valence-electron chi connectivity index (χ0n) is 33.9. The third-order valence-electron chi connectivity index (χ3n) is 8.13. The van der Waals surface area contributed by atoms with Gasteiger partial charge in [0.2, 0.25) is 19.7 Å². The molecule has 0 aliphatic rings. The number of halogens is 5. The van der Waals surface area contributed by atoms with Crippen LogP contribution in [-0.4, -0.2) is 107 Å². The topological polar surface area (TPSA) is 154 Å². The van der Waals surface area contributed by atoms with Crippen molar-refractivity contribution in [3.63, 3.8) is 0 Å². The molecule has 0 bridgehead atoms. The van der Waals surface area contributed by atoms with E-state index in [9.17, 15) is 49.1 Å². The van der Waals surface area contributed by atoms with Crippen molar-refractivity contribution in [2.24, 2.45) is 0 Å². The van der Waals surface area contributed by atoms with Crippen molar-refractivity contribution in [3.05, 3.63) is 144 Å². The zero-order valence-corrected chi connectivity index (χ0v) is 36.3. The number of aliphatic hydroxyl groups is 1. The predicted molar refractivity (Wildman–Crippen MR) is 224 cm³/mol. The molecule has 332 valence electrons. The third-order valence-corrected chi connectivity index (χ3v) is 10.8. The van der Waals surface area contributed by atoms with Crippen molar-refractivity contribution in [1.29, 1.82) is 0 Å². The molecule has 0 fully saturated rings. The molecule has 0 aliphatic heterocycles. The second-order valence-electron chi connectivity index (χ2n) is 12.7. The molecule has 1 N–H and O–H groups in total. The highest BCUT2D eigenvalue weighted by Crippen LogP contribution is 2.25. The zero-order chi connectivity index (χ0) is 45.4. The van der Waals surface area contributed by atoms with Crippen LogP contribution in [0.25, 0.3) is 0 Å². The van der Waals surface area contributed by atoms with E-state index in [1.807, 2.05) is 6.07 Å². The van der Waals surface area contributed by atoms with E-state index in [0.717, 1.165) is 0 Å². The number of ether oxygens (including phenoxy) is 3. The van der Waals surface area contributed by atoms with Crippen molar-refractivity contribution < 1.29 is 63.3 Å². The molecule has 4 rings (SSSR count). The summed E-state index contributed by atoms with van der Waals surface area (Å²) >= 11 is 5.16. The summed E-state index contributed by atoms with van der Waals surface area (Å²) in [5.74, 6) is -0.641. The van der Waals surface area contributed by atoms with Gasteiger partial charge in [-0.1, -0.05) is 130 Å². The Balaban J connectivity index is 0.000000454. The Kier molecular flexibility index (Phi) is 24.1. The van der Waals surface area contributed by atoms with Crippen LogP contribution in [0.5, 0.6) is 0 Å². The Labute approximate surface area is 355 Å². The van der Waals surface area contributed by atoms with Crippen LogP contribution >= 0.6 is 11.6 Å². The summed E-state index contributed by atoms with van der Waals surface area (Å²) in [6, 6.07) is 33.7. The number of carbonyl (C=O) groups is 2. The van der Waals surface area contributed by atoms with Gasteiger partial charge in [0, 0.05) is 18.1 Å². The van der Waals surface area contributed by atoms with Crippen LogP contribution in [0.4, 0.5) is 17.6 Å². The number of hydrogen-bond donors (Lipinski definition) is 1. The largest absolute Gasteiger partial charge is 0.451 e. The number of aliphatic hydroxyl groups excluding tert-OH is 1. The number of sulfone groups is 2. The van der Waals surface area contributed by atoms with Gasteiger partial charge in [-0.15, -0.1) is 0 Å². The highest BCUT2D eigenvalue weighted by Gasteiger charge is 2.42. The maximum Gasteiger partial charge on any atom is 0.367 e. The predicted octanol–water partition coefficient (Wildman–Crippen LogP) is 8.03. The Morgan fingerprint density at radius 1 is 0.617 bits per heavy atom. The van der Waals surface area contributed by atoms with Gasteiger partial charge in [0.1, 0.15) is 19.3 Å². The van der Waals surface area contributed by atoms with E-state index in [0.29, 0.717) is 34.8 Å². The molecule has 4 aromatic carbocycles. The first-order chi connectivity index (χ1) is 28.1.